The maximum atomic E-state index is 11.8. The molecule has 2 rings (SSSR count). The summed E-state index contributed by atoms with van der Waals surface area (Å²) in [7, 11) is 0. The average molecular weight is 377 g/mol. The normalized spacial score (nSPS) is 19.0. The SMILES string of the molecule is NC(=O)C1=CCC(CCOCCNC(=O)Cc2ccccc2)(C(N)=O)S1. The quantitative estimate of drug-likeness (QED) is 0.512. The Balaban J connectivity index is 1.64. The largest absolute Gasteiger partial charge is 0.380 e. The molecule has 1 aromatic rings. The number of thioether (sulfide) groups is 1. The van der Waals surface area contributed by atoms with Gasteiger partial charge in [0.15, 0.2) is 0 Å². The van der Waals surface area contributed by atoms with E-state index < -0.39 is 16.6 Å². The third-order valence-corrected chi connectivity index (χ3v) is 5.59. The highest BCUT2D eigenvalue weighted by Gasteiger charge is 2.42. The minimum Gasteiger partial charge on any atom is -0.380 e. The fourth-order valence-electron chi connectivity index (χ4n) is 2.57. The van der Waals surface area contributed by atoms with E-state index in [1.807, 2.05) is 30.3 Å². The Morgan fingerprint density at radius 1 is 1.15 bits per heavy atom. The van der Waals surface area contributed by atoms with Crippen LogP contribution in [-0.2, 0) is 25.5 Å². The van der Waals surface area contributed by atoms with Crippen LogP contribution in [0.15, 0.2) is 41.3 Å². The van der Waals surface area contributed by atoms with Gasteiger partial charge in [-0.05, 0) is 18.4 Å². The summed E-state index contributed by atoms with van der Waals surface area (Å²) in [6, 6.07) is 9.47. The molecule has 0 saturated heterocycles. The number of hydrogen-bond donors (Lipinski definition) is 3. The number of amides is 3. The van der Waals surface area contributed by atoms with Gasteiger partial charge in [0.1, 0.15) is 4.75 Å². The van der Waals surface area contributed by atoms with Crippen molar-refractivity contribution in [2.24, 2.45) is 11.5 Å². The van der Waals surface area contributed by atoms with Crippen LogP contribution in [0.3, 0.4) is 0 Å². The Morgan fingerprint density at radius 3 is 2.50 bits per heavy atom. The lowest BCUT2D eigenvalue weighted by molar-refractivity contribution is -0.121. The number of allylic oxidation sites excluding steroid dienone is 1. The van der Waals surface area contributed by atoms with Gasteiger partial charge in [-0.2, -0.15) is 0 Å². The second-order valence-electron chi connectivity index (χ2n) is 5.97. The molecule has 0 bridgehead atoms. The lowest BCUT2D eigenvalue weighted by Crippen LogP contribution is -2.40. The van der Waals surface area contributed by atoms with E-state index in [2.05, 4.69) is 5.32 Å². The molecule has 0 spiro atoms. The van der Waals surface area contributed by atoms with Gasteiger partial charge in [0.2, 0.25) is 11.8 Å². The zero-order valence-corrected chi connectivity index (χ0v) is 15.2. The smallest absolute Gasteiger partial charge is 0.254 e. The number of carbonyl (C=O) groups excluding carboxylic acids is 3. The van der Waals surface area contributed by atoms with Crippen LogP contribution >= 0.6 is 11.8 Å². The molecule has 0 fully saturated rings. The molecular formula is C18H23N3O4S. The van der Waals surface area contributed by atoms with Crippen molar-refractivity contribution >= 4 is 29.5 Å². The van der Waals surface area contributed by atoms with Crippen molar-refractivity contribution in [1.82, 2.24) is 5.32 Å². The predicted octanol–water partition coefficient (Wildman–Crippen LogP) is 0.482. The maximum absolute atomic E-state index is 11.8. The van der Waals surface area contributed by atoms with Crippen LogP contribution in [0.25, 0.3) is 0 Å². The van der Waals surface area contributed by atoms with Crippen LogP contribution in [0.2, 0.25) is 0 Å². The fraction of sp³-hybridized carbons (Fsp3) is 0.389. The zero-order chi connectivity index (χ0) is 19.0. The first-order chi connectivity index (χ1) is 12.4. The second kappa shape index (κ2) is 9.40. The standard InChI is InChI=1S/C18H23N3O4S/c19-16(23)14-6-7-18(26-14,17(20)24)8-10-25-11-9-21-15(22)12-13-4-2-1-3-5-13/h1-6H,7-12H2,(H2,19,23)(H2,20,24)(H,21,22). The van der Waals surface area contributed by atoms with Crippen molar-refractivity contribution in [3.63, 3.8) is 0 Å². The van der Waals surface area contributed by atoms with E-state index in [4.69, 9.17) is 16.2 Å². The highest BCUT2D eigenvalue weighted by atomic mass is 32.2. The van der Waals surface area contributed by atoms with Crippen molar-refractivity contribution in [3.05, 3.63) is 46.9 Å². The summed E-state index contributed by atoms with van der Waals surface area (Å²) < 4.78 is 4.60. The Labute approximate surface area is 156 Å². The van der Waals surface area contributed by atoms with Gasteiger partial charge in [0, 0.05) is 13.2 Å². The van der Waals surface area contributed by atoms with Crippen LogP contribution in [-0.4, -0.2) is 42.2 Å². The molecule has 0 saturated carbocycles. The van der Waals surface area contributed by atoms with E-state index in [9.17, 15) is 14.4 Å². The minimum atomic E-state index is -0.888. The Bertz CT molecular complexity index is 693. The summed E-state index contributed by atoms with van der Waals surface area (Å²) in [4.78, 5) is 35.2. The van der Waals surface area contributed by atoms with Crippen LogP contribution in [0.1, 0.15) is 18.4 Å². The summed E-state index contributed by atoms with van der Waals surface area (Å²) in [6.07, 6.45) is 2.70. The second-order valence-corrected chi connectivity index (χ2v) is 7.40. The monoisotopic (exact) mass is 377 g/mol. The molecule has 1 atom stereocenters. The number of primary amides is 2. The topological polar surface area (TPSA) is 125 Å². The summed E-state index contributed by atoms with van der Waals surface area (Å²) >= 11 is 1.11. The van der Waals surface area contributed by atoms with E-state index in [0.29, 0.717) is 43.9 Å². The molecule has 5 N–H and O–H groups in total. The maximum Gasteiger partial charge on any atom is 0.254 e. The summed E-state index contributed by atoms with van der Waals surface area (Å²) in [5.41, 5.74) is 11.7. The Morgan fingerprint density at radius 2 is 1.88 bits per heavy atom. The van der Waals surface area contributed by atoms with Gasteiger partial charge in [0.25, 0.3) is 5.91 Å². The summed E-state index contributed by atoms with van der Waals surface area (Å²) in [5, 5.41) is 2.78. The molecular weight excluding hydrogens is 354 g/mol. The van der Waals surface area contributed by atoms with Gasteiger partial charge < -0.3 is 21.5 Å². The highest BCUT2D eigenvalue weighted by molar-refractivity contribution is 8.06. The molecule has 1 aromatic carbocycles. The molecule has 7 nitrogen and oxygen atoms in total. The van der Waals surface area contributed by atoms with Gasteiger partial charge in [-0.1, -0.05) is 36.4 Å². The van der Waals surface area contributed by atoms with E-state index in [0.717, 1.165) is 17.3 Å². The molecule has 0 aromatic heterocycles. The molecule has 1 heterocycles. The third kappa shape index (κ3) is 5.60. The molecule has 3 amide bonds. The number of nitrogens with one attached hydrogen (secondary N) is 1. The number of benzene rings is 1. The molecule has 0 aliphatic carbocycles. The fourth-order valence-corrected chi connectivity index (χ4v) is 3.72. The van der Waals surface area contributed by atoms with Crippen molar-refractivity contribution < 1.29 is 19.1 Å². The molecule has 8 heteroatoms. The van der Waals surface area contributed by atoms with Crippen molar-refractivity contribution in [2.45, 2.75) is 24.0 Å². The van der Waals surface area contributed by atoms with Crippen molar-refractivity contribution in [3.8, 4) is 0 Å². The van der Waals surface area contributed by atoms with Gasteiger partial charge in [-0.3, -0.25) is 14.4 Å². The molecule has 26 heavy (non-hydrogen) atoms. The number of carbonyl (C=O) groups is 3. The van der Waals surface area contributed by atoms with E-state index in [1.54, 1.807) is 6.08 Å². The Kier molecular flexibility index (Phi) is 7.23. The van der Waals surface area contributed by atoms with Crippen LogP contribution < -0.4 is 16.8 Å². The lowest BCUT2D eigenvalue weighted by atomic mass is 10.00. The predicted molar refractivity (Wildman–Crippen MR) is 100 cm³/mol. The van der Waals surface area contributed by atoms with Gasteiger partial charge in [-0.15, -0.1) is 11.8 Å². The van der Waals surface area contributed by atoms with Crippen LogP contribution in [0.5, 0.6) is 0 Å². The molecule has 140 valence electrons. The Hall–Kier alpha value is -2.32. The number of nitrogens with two attached hydrogens (primary N) is 2. The van der Waals surface area contributed by atoms with Crippen molar-refractivity contribution in [2.75, 3.05) is 19.8 Å². The highest BCUT2D eigenvalue weighted by Crippen LogP contribution is 2.44. The average Bonchev–Trinajstić information content (AvgIpc) is 3.05. The third-order valence-electron chi connectivity index (χ3n) is 4.04. The van der Waals surface area contributed by atoms with Gasteiger partial charge >= 0.3 is 0 Å². The molecule has 1 unspecified atom stereocenters. The van der Waals surface area contributed by atoms with E-state index in [1.165, 1.54) is 0 Å². The molecule has 0 radical (unpaired) electrons. The van der Waals surface area contributed by atoms with E-state index >= 15 is 0 Å². The summed E-state index contributed by atoms with van der Waals surface area (Å²) in [6.45, 7) is 1.01. The summed E-state index contributed by atoms with van der Waals surface area (Å²) in [5.74, 6) is -1.12. The molecule has 1 aliphatic rings. The minimum absolute atomic E-state index is 0.0740. The molecule has 1 aliphatic heterocycles. The van der Waals surface area contributed by atoms with Gasteiger partial charge in [0.05, 0.1) is 17.9 Å². The number of hydrogen-bond acceptors (Lipinski definition) is 5. The first-order valence-corrected chi connectivity index (χ1v) is 9.12. The number of rotatable bonds is 10. The zero-order valence-electron chi connectivity index (χ0n) is 14.4. The van der Waals surface area contributed by atoms with E-state index in [-0.39, 0.29) is 5.91 Å². The first-order valence-electron chi connectivity index (χ1n) is 8.30. The lowest BCUT2D eigenvalue weighted by Gasteiger charge is -2.24. The van der Waals surface area contributed by atoms with Crippen LogP contribution in [0, 0.1) is 0 Å². The van der Waals surface area contributed by atoms with Gasteiger partial charge in [-0.25, -0.2) is 0 Å². The number of ether oxygens (including phenoxy) is 1. The first kappa shape index (κ1) is 20.0. The van der Waals surface area contributed by atoms with Crippen LogP contribution in [0.4, 0.5) is 0 Å². The van der Waals surface area contributed by atoms with Crippen molar-refractivity contribution in [1.29, 1.82) is 0 Å².